The summed E-state index contributed by atoms with van der Waals surface area (Å²) in [5.41, 5.74) is 0. The van der Waals surface area contributed by atoms with E-state index in [0.717, 1.165) is 29.9 Å². The Morgan fingerprint density at radius 2 is 2.43 bits per heavy atom. The first-order valence-corrected chi connectivity index (χ1v) is 7.43. The molecule has 0 aromatic heterocycles. The summed E-state index contributed by atoms with van der Waals surface area (Å²) >= 11 is 3.79. The third kappa shape index (κ3) is 4.60. The number of aliphatic imine (C=N–C) groups is 1. The standard InChI is InChI=1S/C10H20N2S2/c1-8(2)6-9-7-12-10(14-9)11-4-5-13-3/h8-9H,4-7H2,1-3H3,(H,11,12). The summed E-state index contributed by atoms with van der Waals surface area (Å²) in [6, 6.07) is 0. The van der Waals surface area contributed by atoms with Crippen LogP contribution >= 0.6 is 23.5 Å². The van der Waals surface area contributed by atoms with Crippen molar-refractivity contribution in [2.75, 3.05) is 25.1 Å². The van der Waals surface area contributed by atoms with Crippen LogP contribution in [0.3, 0.4) is 0 Å². The summed E-state index contributed by atoms with van der Waals surface area (Å²) in [5.74, 6) is 1.95. The highest BCUT2D eigenvalue weighted by Gasteiger charge is 2.19. The lowest BCUT2D eigenvalue weighted by Gasteiger charge is -2.10. The quantitative estimate of drug-likeness (QED) is 0.737. The zero-order valence-corrected chi connectivity index (χ0v) is 10.9. The van der Waals surface area contributed by atoms with E-state index in [9.17, 15) is 0 Å². The summed E-state index contributed by atoms with van der Waals surface area (Å²) in [5, 5.41) is 5.25. The Kier molecular flexibility index (Phi) is 5.78. The second-order valence-corrected chi connectivity index (χ2v) is 6.21. The summed E-state index contributed by atoms with van der Waals surface area (Å²) in [6.45, 7) is 6.60. The van der Waals surface area contributed by atoms with Crippen molar-refractivity contribution >= 4 is 28.7 Å². The molecule has 0 fully saturated rings. The molecule has 1 N–H and O–H groups in total. The van der Waals surface area contributed by atoms with Crippen LogP contribution in [0, 0.1) is 5.92 Å². The van der Waals surface area contributed by atoms with E-state index in [1.54, 1.807) is 0 Å². The van der Waals surface area contributed by atoms with E-state index in [4.69, 9.17) is 0 Å². The first-order chi connectivity index (χ1) is 6.72. The smallest absolute Gasteiger partial charge is 0.156 e. The molecule has 1 unspecified atom stereocenters. The van der Waals surface area contributed by atoms with Crippen LogP contribution in [-0.4, -0.2) is 35.5 Å². The fraction of sp³-hybridized carbons (Fsp3) is 0.900. The molecule has 0 amide bonds. The van der Waals surface area contributed by atoms with Gasteiger partial charge in [-0.25, -0.2) is 0 Å². The van der Waals surface area contributed by atoms with Gasteiger partial charge in [-0.15, -0.1) is 0 Å². The zero-order chi connectivity index (χ0) is 10.4. The van der Waals surface area contributed by atoms with Gasteiger partial charge in [0.05, 0.1) is 6.54 Å². The monoisotopic (exact) mass is 232 g/mol. The second-order valence-electron chi connectivity index (χ2n) is 3.93. The van der Waals surface area contributed by atoms with Gasteiger partial charge in [-0.2, -0.15) is 11.8 Å². The molecule has 0 saturated heterocycles. The van der Waals surface area contributed by atoms with Crippen molar-refractivity contribution in [1.29, 1.82) is 0 Å². The first-order valence-electron chi connectivity index (χ1n) is 5.16. The Hall–Kier alpha value is 0.170. The highest BCUT2D eigenvalue weighted by molar-refractivity contribution is 8.14. The molecule has 82 valence electrons. The fourth-order valence-corrected chi connectivity index (χ4v) is 3.01. The minimum absolute atomic E-state index is 0.715. The van der Waals surface area contributed by atoms with Gasteiger partial charge in [0.1, 0.15) is 0 Å². The Bertz CT molecular complexity index is 193. The van der Waals surface area contributed by atoms with Crippen molar-refractivity contribution in [3.63, 3.8) is 0 Å². The minimum atomic E-state index is 0.715. The maximum absolute atomic E-state index is 4.50. The summed E-state index contributed by atoms with van der Waals surface area (Å²) in [7, 11) is 0. The molecule has 0 aromatic rings. The van der Waals surface area contributed by atoms with Gasteiger partial charge in [-0.3, -0.25) is 4.99 Å². The molecule has 0 spiro atoms. The zero-order valence-electron chi connectivity index (χ0n) is 9.25. The van der Waals surface area contributed by atoms with Crippen LogP contribution in [0.15, 0.2) is 4.99 Å². The van der Waals surface area contributed by atoms with E-state index in [-0.39, 0.29) is 0 Å². The fourth-order valence-electron chi connectivity index (χ4n) is 1.42. The number of nitrogens with one attached hydrogen (secondary N) is 1. The van der Waals surface area contributed by atoms with E-state index < -0.39 is 0 Å². The van der Waals surface area contributed by atoms with Crippen molar-refractivity contribution in [3.8, 4) is 0 Å². The highest BCUT2D eigenvalue weighted by atomic mass is 32.2. The van der Waals surface area contributed by atoms with Crippen molar-refractivity contribution in [1.82, 2.24) is 5.32 Å². The molecule has 4 heteroatoms. The summed E-state index contributed by atoms with van der Waals surface area (Å²) in [6.07, 6.45) is 3.41. The molecule has 2 nitrogen and oxygen atoms in total. The van der Waals surface area contributed by atoms with Crippen LogP contribution in [-0.2, 0) is 0 Å². The maximum atomic E-state index is 4.50. The minimum Gasteiger partial charge on any atom is -0.364 e. The second kappa shape index (κ2) is 6.62. The van der Waals surface area contributed by atoms with Gasteiger partial charge in [0.2, 0.25) is 0 Å². The van der Waals surface area contributed by atoms with E-state index >= 15 is 0 Å². The molecule has 1 heterocycles. The number of thioether (sulfide) groups is 2. The van der Waals surface area contributed by atoms with Gasteiger partial charge in [-0.05, 0) is 18.6 Å². The third-order valence-corrected chi connectivity index (χ3v) is 3.82. The van der Waals surface area contributed by atoms with Crippen molar-refractivity contribution in [2.24, 2.45) is 10.9 Å². The summed E-state index contributed by atoms with van der Waals surface area (Å²) < 4.78 is 0. The Morgan fingerprint density at radius 3 is 3.07 bits per heavy atom. The molecule has 1 aliphatic heterocycles. The first kappa shape index (κ1) is 12.2. The van der Waals surface area contributed by atoms with Gasteiger partial charge < -0.3 is 5.32 Å². The van der Waals surface area contributed by atoms with Crippen molar-refractivity contribution in [3.05, 3.63) is 0 Å². The number of rotatable bonds is 5. The lowest BCUT2D eigenvalue weighted by atomic mass is 10.1. The van der Waals surface area contributed by atoms with E-state index in [0.29, 0.717) is 5.25 Å². The van der Waals surface area contributed by atoms with Crippen LogP contribution in [0.25, 0.3) is 0 Å². The van der Waals surface area contributed by atoms with Crippen molar-refractivity contribution < 1.29 is 0 Å². The van der Waals surface area contributed by atoms with Gasteiger partial charge in [0.25, 0.3) is 0 Å². The lowest BCUT2D eigenvalue weighted by molar-refractivity contribution is 0.575. The van der Waals surface area contributed by atoms with E-state index in [1.807, 2.05) is 23.5 Å². The molecular weight excluding hydrogens is 212 g/mol. The Balaban J connectivity index is 2.12. The molecule has 0 saturated carbocycles. The van der Waals surface area contributed by atoms with Crippen LogP contribution < -0.4 is 5.32 Å². The van der Waals surface area contributed by atoms with E-state index in [1.165, 1.54) is 6.42 Å². The molecule has 0 aromatic carbocycles. The molecule has 0 aliphatic carbocycles. The molecule has 1 rings (SSSR count). The van der Waals surface area contributed by atoms with Crippen molar-refractivity contribution in [2.45, 2.75) is 25.5 Å². The van der Waals surface area contributed by atoms with Gasteiger partial charge in [0.15, 0.2) is 5.17 Å². The average Bonchev–Trinajstić information content (AvgIpc) is 2.52. The van der Waals surface area contributed by atoms with E-state index in [2.05, 4.69) is 30.4 Å². The Labute approximate surface area is 95.7 Å². The Morgan fingerprint density at radius 1 is 1.64 bits per heavy atom. The summed E-state index contributed by atoms with van der Waals surface area (Å²) in [4.78, 5) is 4.50. The maximum Gasteiger partial charge on any atom is 0.156 e. The topological polar surface area (TPSA) is 24.4 Å². The van der Waals surface area contributed by atoms with Crippen LogP contribution in [0.2, 0.25) is 0 Å². The average molecular weight is 232 g/mol. The normalized spacial score (nSPS) is 21.4. The molecule has 0 radical (unpaired) electrons. The number of hydrogen-bond donors (Lipinski definition) is 1. The van der Waals surface area contributed by atoms with Gasteiger partial charge in [0, 0.05) is 17.5 Å². The SMILES string of the molecule is CSCCNC1=NCC(CC(C)C)S1. The molecular formula is C10H20N2S2. The van der Waals surface area contributed by atoms with Gasteiger partial charge >= 0.3 is 0 Å². The third-order valence-electron chi connectivity index (χ3n) is 2.03. The highest BCUT2D eigenvalue weighted by Crippen LogP contribution is 2.25. The molecule has 0 bridgehead atoms. The van der Waals surface area contributed by atoms with Crippen LogP contribution in [0.1, 0.15) is 20.3 Å². The van der Waals surface area contributed by atoms with Crippen LogP contribution in [0.5, 0.6) is 0 Å². The molecule has 1 atom stereocenters. The number of hydrogen-bond acceptors (Lipinski definition) is 4. The predicted octanol–water partition coefficient (Wildman–Crippen LogP) is 2.46. The molecule has 1 aliphatic rings. The molecule has 14 heavy (non-hydrogen) atoms. The lowest BCUT2D eigenvalue weighted by Crippen LogP contribution is -2.22. The van der Waals surface area contributed by atoms with Crippen LogP contribution in [0.4, 0.5) is 0 Å². The van der Waals surface area contributed by atoms with Gasteiger partial charge in [-0.1, -0.05) is 25.6 Å². The largest absolute Gasteiger partial charge is 0.364 e. The number of nitrogens with zero attached hydrogens (tertiary/aromatic N) is 1. The number of amidine groups is 1. The predicted molar refractivity (Wildman–Crippen MR) is 69.5 cm³/mol.